The summed E-state index contributed by atoms with van der Waals surface area (Å²) in [6.07, 6.45) is 3.11. The molecular weight excluding hydrogens is 328 g/mol. The summed E-state index contributed by atoms with van der Waals surface area (Å²) >= 11 is 0. The fraction of sp³-hybridized carbons (Fsp3) is 0.235. The molecule has 1 amide bonds. The van der Waals surface area contributed by atoms with E-state index in [1.807, 2.05) is 13.8 Å². The average molecular weight is 345 g/mol. The van der Waals surface area contributed by atoms with Gasteiger partial charge in [-0.1, -0.05) is 0 Å². The van der Waals surface area contributed by atoms with Crippen molar-refractivity contribution in [3.63, 3.8) is 0 Å². The van der Waals surface area contributed by atoms with E-state index in [0.717, 1.165) is 6.07 Å². The number of fused-ring (bicyclic) bond motifs is 1. The summed E-state index contributed by atoms with van der Waals surface area (Å²) < 4.78 is 27.9. The Morgan fingerprint density at radius 2 is 1.96 bits per heavy atom. The van der Waals surface area contributed by atoms with E-state index in [1.54, 1.807) is 12.3 Å². The molecule has 25 heavy (non-hydrogen) atoms. The van der Waals surface area contributed by atoms with Gasteiger partial charge >= 0.3 is 0 Å². The molecule has 0 spiro atoms. The molecule has 2 heterocycles. The maximum absolute atomic E-state index is 13.2. The first-order chi connectivity index (χ1) is 11.9. The summed E-state index contributed by atoms with van der Waals surface area (Å²) in [5.74, 6) is -1.06. The summed E-state index contributed by atoms with van der Waals surface area (Å²) in [5, 5.41) is 9.87. The number of hydrogen-bond donors (Lipinski definition) is 2. The molecule has 2 aromatic heterocycles. The number of anilines is 1. The van der Waals surface area contributed by atoms with Gasteiger partial charge in [-0.2, -0.15) is 5.10 Å². The molecule has 0 bridgehead atoms. The Bertz CT molecular complexity index is 902. The Kier molecular flexibility index (Phi) is 4.60. The predicted molar refractivity (Wildman–Crippen MR) is 89.3 cm³/mol. The van der Waals surface area contributed by atoms with Gasteiger partial charge in [0.15, 0.2) is 5.65 Å². The smallest absolute Gasteiger partial charge is 0.256 e. The van der Waals surface area contributed by atoms with Crippen molar-refractivity contribution < 1.29 is 13.6 Å². The predicted octanol–water partition coefficient (Wildman–Crippen LogP) is 2.76. The normalized spacial score (nSPS) is 11.1. The van der Waals surface area contributed by atoms with E-state index >= 15 is 0 Å². The van der Waals surface area contributed by atoms with Gasteiger partial charge in [-0.05, 0) is 37.6 Å². The molecule has 3 rings (SSSR count). The van der Waals surface area contributed by atoms with E-state index in [9.17, 15) is 13.6 Å². The molecule has 0 saturated heterocycles. The van der Waals surface area contributed by atoms with E-state index < -0.39 is 11.6 Å². The first-order valence-corrected chi connectivity index (χ1v) is 7.76. The highest BCUT2D eigenvalue weighted by Gasteiger charge is 2.15. The molecule has 0 saturated carbocycles. The molecule has 1 aromatic carbocycles. The standard InChI is InChI=1S/C17H17F2N5O/c1-10(2)22-17(25)14-9-21-24-4-3-15(23-16(14)24)20-8-11-5-12(18)7-13(19)6-11/h3-7,9-10H,8H2,1-2H3,(H,20,23)(H,22,25). The van der Waals surface area contributed by atoms with Crippen molar-refractivity contribution in [3.8, 4) is 0 Å². The number of rotatable bonds is 5. The second-order valence-corrected chi connectivity index (χ2v) is 5.90. The van der Waals surface area contributed by atoms with Crippen LogP contribution in [0.15, 0.2) is 36.7 Å². The number of carbonyl (C=O) groups excluding carboxylic acids is 1. The van der Waals surface area contributed by atoms with Crippen LogP contribution in [-0.2, 0) is 6.54 Å². The maximum Gasteiger partial charge on any atom is 0.256 e. The van der Waals surface area contributed by atoms with Crippen molar-refractivity contribution in [2.45, 2.75) is 26.4 Å². The van der Waals surface area contributed by atoms with E-state index in [0.29, 0.717) is 22.6 Å². The van der Waals surface area contributed by atoms with Crippen LogP contribution < -0.4 is 10.6 Å². The second-order valence-electron chi connectivity index (χ2n) is 5.90. The van der Waals surface area contributed by atoms with E-state index in [-0.39, 0.29) is 18.5 Å². The molecule has 3 aromatic rings. The molecule has 6 nitrogen and oxygen atoms in total. The summed E-state index contributed by atoms with van der Waals surface area (Å²) in [6.45, 7) is 3.92. The summed E-state index contributed by atoms with van der Waals surface area (Å²) in [6, 6.07) is 4.97. The molecule has 130 valence electrons. The van der Waals surface area contributed by atoms with Gasteiger partial charge in [0.1, 0.15) is 23.0 Å². The van der Waals surface area contributed by atoms with Gasteiger partial charge in [0, 0.05) is 24.8 Å². The third-order valence-corrected chi connectivity index (χ3v) is 3.43. The second kappa shape index (κ2) is 6.84. The number of nitrogens with zero attached hydrogens (tertiary/aromatic N) is 3. The van der Waals surface area contributed by atoms with Gasteiger partial charge in [0.2, 0.25) is 0 Å². The van der Waals surface area contributed by atoms with Crippen LogP contribution in [-0.4, -0.2) is 26.5 Å². The number of amides is 1. The fourth-order valence-electron chi connectivity index (χ4n) is 2.37. The Labute approximate surface area is 142 Å². The Morgan fingerprint density at radius 1 is 1.24 bits per heavy atom. The van der Waals surface area contributed by atoms with Crippen LogP contribution in [0.2, 0.25) is 0 Å². The SMILES string of the molecule is CC(C)NC(=O)c1cnn2ccc(NCc3cc(F)cc(F)c3)nc12. The third kappa shape index (κ3) is 3.90. The lowest BCUT2D eigenvalue weighted by Crippen LogP contribution is -2.30. The molecular formula is C17H17F2N5O. The van der Waals surface area contributed by atoms with Gasteiger partial charge in [-0.25, -0.2) is 18.3 Å². The number of hydrogen-bond acceptors (Lipinski definition) is 4. The number of nitrogens with one attached hydrogen (secondary N) is 2. The third-order valence-electron chi connectivity index (χ3n) is 3.43. The quantitative estimate of drug-likeness (QED) is 0.746. The molecule has 0 atom stereocenters. The number of aromatic nitrogens is 3. The number of halogens is 2. The van der Waals surface area contributed by atoms with Gasteiger partial charge < -0.3 is 10.6 Å². The number of carbonyl (C=O) groups is 1. The minimum absolute atomic E-state index is 0.00775. The summed E-state index contributed by atoms with van der Waals surface area (Å²) in [5.41, 5.74) is 1.20. The van der Waals surface area contributed by atoms with Crippen LogP contribution in [0, 0.1) is 11.6 Å². The van der Waals surface area contributed by atoms with Crippen molar-refractivity contribution in [2.75, 3.05) is 5.32 Å². The van der Waals surface area contributed by atoms with Gasteiger partial charge in [-0.3, -0.25) is 4.79 Å². The van der Waals surface area contributed by atoms with Crippen LogP contribution in [0.5, 0.6) is 0 Å². The zero-order chi connectivity index (χ0) is 18.0. The minimum Gasteiger partial charge on any atom is -0.366 e. The molecule has 0 radical (unpaired) electrons. The van der Waals surface area contributed by atoms with Gasteiger partial charge in [0.25, 0.3) is 5.91 Å². The van der Waals surface area contributed by atoms with Crippen LogP contribution in [0.3, 0.4) is 0 Å². The zero-order valence-electron chi connectivity index (χ0n) is 13.8. The first kappa shape index (κ1) is 16.8. The lowest BCUT2D eigenvalue weighted by molar-refractivity contribution is 0.0944. The molecule has 2 N–H and O–H groups in total. The first-order valence-electron chi connectivity index (χ1n) is 7.76. The van der Waals surface area contributed by atoms with Crippen molar-refractivity contribution >= 4 is 17.4 Å². The molecule has 0 aliphatic carbocycles. The highest BCUT2D eigenvalue weighted by atomic mass is 19.1. The average Bonchev–Trinajstić information content (AvgIpc) is 2.94. The van der Waals surface area contributed by atoms with Crippen molar-refractivity contribution in [1.29, 1.82) is 0 Å². The summed E-state index contributed by atoms with van der Waals surface area (Å²) in [7, 11) is 0. The molecule has 0 unspecified atom stereocenters. The highest BCUT2D eigenvalue weighted by Crippen LogP contribution is 2.14. The molecule has 0 fully saturated rings. The largest absolute Gasteiger partial charge is 0.366 e. The molecule has 0 aliphatic heterocycles. The van der Waals surface area contributed by atoms with Gasteiger partial charge in [0.05, 0.1) is 6.20 Å². The van der Waals surface area contributed by atoms with Crippen LogP contribution in [0.1, 0.15) is 29.8 Å². The Hall–Kier alpha value is -3.03. The monoisotopic (exact) mass is 345 g/mol. The lowest BCUT2D eigenvalue weighted by atomic mass is 10.2. The molecule has 0 aliphatic rings. The van der Waals surface area contributed by atoms with Crippen molar-refractivity contribution in [2.24, 2.45) is 0 Å². The molecule has 8 heteroatoms. The Morgan fingerprint density at radius 3 is 2.64 bits per heavy atom. The zero-order valence-corrected chi connectivity index (χ0v) is 13.8. The van der Waals surface area contributed by atoms with Crippen LogP contribution >= 0.6 is 0 Å². The minimum atomic E-state index is -0.636. The van der Waals surface area contributed by atoms with Crippen LogP contribution in [0.4, 0.5) is 14.6 Å². The van der Waals surface area contributed by atoms with E-state index in [4.69, 9.17) is 0 Å². The van der Waals surface area contributed by atoms with Crippen molar-refractivity contribution in [3.05, 3.63) is 59.4 Å². The topological polar surface area (TPSA) is 71.3 Å². The van der Waals surface area contributed by atoms with E-state index in [1.165, 1.54) is 22.8 Å². The van der Waals surface area contributed by atoms with E-state index in [2.05, 4.69) is 20.7 Å². The summed E-state index contributed by atoms with van der Waals surface area (Å²) in [4.78, 5) is 16.6. The Balaban J connectivity index is 1.81. The maximum atomic E-state index is 13.2. The fourth-order valence-corrected chi connectivity index (χ4v) is 2.37. The highest BCUT2D eigenvalue weighted by molar-refractivity contribution is 5.99. The van der Waals surface area contributed by atoms with Crippen molar-refractivity contribution in [1.82, 2.24) is 19.9 Å². The number of benzene rings is 1. The van der Waals surface area contributed by atoms with Gasteiger partial charge in [-0.15, -0.1) is 0 Å². The van der Waals surface area contributed by atoms with Crippen LogP contribution in [0.25, 0.3) is 5.65 Å². The lowest BCUT2D eigenvalue weighted by Gasteiger charge is -2.08.